The van der Waals surface area contributed by atoms with Gasteiger partial charge in [-0.1, -0.05) is 12.1 Å². The standard InChI is InChI=1S/C12H11N3O/c13-10-7-15(12(10)16)11-3-1-2-8-6-14-5-4-9(8)11/h1-6,10H,7,13H2. The SMILES string of the molecule is NC1CN(c2cccc3cnccc23)C1=O. The number of benzene rings is 1. The van der Waals surface area contributed by atoms with Crippen molar-refractivity contribution in [1.29, 1.82) is 0 Å². The highest BCUT2D eigenvalue weighted by molar-refractivity contribution is 6.09. The predicted octanol–water partition coefficient (Wildman–Crippen LogP) is 0.909. The molecule has 1 amide bonds. The smallest absolute Gasteiger partial charge is 0.245 e. The van der Waals surface area contributed by atoms with Gasteiger partial charge in [-0.15, -0.1) is 0 Å². The average molecular weight is 213 g/mol. The van der Waals surface area contributed by atoms with E-state index >= 15 is 0 Å². The van der Waals surface area contributed by atoms with Crippen LogP contribution in [0.15, 0.2) is 36.7 Å². The van der Waals surface area contributed by atoms with Crippen molar-refractivity contribution in [3.05, 3.63) is 36.7 Å². The van der Waals surface area contributed by atoms with Gasteiger partial charge in [-0.2, -0.15) is 0 Å². The third-order valence-electron chi connectivity index (χ3n) is 2.91. The largest absolute Gasteiger partial charge is 0.318 e. The molecule has 0 radical (unpaired) electrons. The van der Waals surface area contributed by atoms with Crippen LogP contribution in [-0.4, -0.2) is 23.5 Å². The summed E-state index contributed by atoms with van der Waals surface area (Å²) >= 11 is 0. The molecule has 2 N–H and O–H groups in total. The number of β-lactam (4-membered cyclic amide) rings is 1. The van der Waals surface area contributed by atoms with Crippen LogP contribution in [0.4, 0.5) is 5.69 Å². The van der Waals surface area contributed by atoms with Crippen molar-refractivity contribution < 1.29 is 4.79 Å². The molecule has 0 spiro atoms. The number of fused-ring (bicyclic) bond motifs is 1. The molecule has 4 nitrogen and oxygen atoms in total. The molecule has 1 aliphatic heterocycles. The lowest BCUT2D eigenvalue weighted by molar-refractivity contribution is -0.123. The first-order valence-electron chi connectivity index (χ1n) is 5.17. The minimum absolute atomic E-state index is 0.00990. The normalized spacial score (nSPS) is 19.9. The minimum atomic E-state index is -0.336. The van der Waals surface area contributed by atoms with E-state index in [1.165, 1.54) is 0 Å². The van der Waals surface area contributed by atoms with Gasteiger partial charge in [-0.3, -0.25) is 9.78 Å². The molecule has 0 saturated carbocycles. The van der Waals surface area contributed by atoms with Gasteiger partial charge in [0.2, 0.25) is 5.91 Å². The third-order valence-corrected chi connectivity index (χ3v) is 2.91. The first kappa shape index (κ1) is 9.30. The number of amides is 1. The Bertz CT molecular complexity index is 562. The van der Waals surface area contributed by atoms with Gasteiger partial charge in [0.1, 0.15) is 6.04 Å². The Morgan fingerprint density at radius 1 is 1.38 bits per heavy atom. The van der Waals surface area contributed by atoms with Crippen LogP contribution in [0.1, 0.15) is 0 Å². The molecule has 1 unspecified atom stereocenters. The molecule has 1 aromatic heterocycles. The monoisotopic (exact) mass is 213 g/mol. The first-order chi connectivity index (χ1) is 7.77. The minimum Gasteiger partial charge on any atom is -0.318 e. The van der Waals surface area contributed by atoms with Crippen LogP contribution in [-0.2, 0) is 4.79 Å². The van der Waals surface area contributed by atoms with E-state index in [4.69, 9.17) is 5.73 Å². The van der Waals surface area contributed by atoms with Crippen molar-refractivity contribution in [3.8, 4) is 0 Å². The number of nitrogens with zero attached hydrogens (tertiary/aromatic N) is 2. The Kier molecular flexibility index (Phi) is 1.91. The number of carbonyl (C=O) groups excluding carboxylic acids is 1. The van der Waals surface area contributed by atoms with Gasteiger partial charge < -0.3 is 10.6 Å². The molecule has 1 aliphatic rings. The van der Waals surface area contributed by atoms with Gasteiger partial charge in [0.15, 0.2) is 0 Å². The van der Waals surface area contributed by atoms with Crippen LogP contribution in [0.3, 0.4) is 0 Å². The number of nitrogens with two attached hydrogens (primary N) is 1. The highest BCUT2D eigenvalue weighted by atomic mass is 16.2. The van der Waals surface area contributed by atoms with Gasteiger partial charge in [0.25, 0.3) is 0 Å². The van der Waals surface area contributed by atoms with Crippen LogP contribution >= 0.6 is 0 Å². The number of rotatable bonds is 1. The molecule has 80 valence electrons. The number of hydrogen-bond donors (Lipinski definition) is 1. The highest BCUT2D eigenvalue weighted by Gasteiger charge is 2.35. The van der Waals surface area contributed by atoms with E-state index in [9.17, 15) is 4.79 Å². The molecule has 1 saturated heterocycles. The summed E-state index contributed by atoms with van der Waals surface area (Å²) in [7, 11) is 0. The number of anilines is 1. The van der Waals surface area contributed by atoms with Gasteiger partial charge in [-0.05, 0) is 12.1 Å². The summed E-state index contributed by atoms with van der Waals surface area (Å²) in [6, 6.07) is 7.43. The van der Waals surface area contributed by atoms with Gasteiger partial charge >= 0.3 is 0 Å². The lowest BCUT2D eigenvalue weighted by Gasteiger charge is -2.36. The Balaban J connectivity index is 2.14. The molecule has 4 heteroatoms. The molecule has 1 atom stereocenters. The molecular formula is C12H11N3O. The van der Waals surface area contributed by atoms with Crippen molar-refractivity contribution in [2.45, 2.75) is 6.04 Å². The zero-order chi connectivity index (χ0) is 11.1. The lowest BCUT2D eigenvalue weighted by atomic mass is 10.0. The zero-order valence-electron chi connectivity index (χ0n) is 8.63. The fourth-order valence-electron chi connectivity index (χ4n) is 2.01. The van der Waals surface area contributed by atoms with Crippen LogP contribution in [0.5, 0.6) is 0 Å². The van der Waals surface area contributed by atoms with Crippen molar-refractivity contribution >= 4 is 22.4 Å². The van der Waals surface area contributed by atoms with E-state index in [0.29, 0.717) is 6.54 Å². The van der Waals surface area contributed by atoms with E-state index in [-0.39, 0.29) is 11.9 Å². The van der Waals surface area contributed by atoms with E-state index < -0.39 is 0 Å². The van der Waals surface area contributed by atoms with Crippen molar-refractivity contribution in [2.75, 3.05) is 11.4 Å². The van der Waals surface area contributed by atoms with E-state index in [1.54, 1.807) is 17.3 Å². The van der Waals surface area contributed by atoms with Gasteiger partial charge in [0.05, 0.1) is 12.2 Å². The summed E-state index contributed by atoms with van der Waals surface area (Å²) < 4.78 is 0. The molecule has 0 bridgehead atoms. The maximum Gasteiger partial charge on any atom is 0.245 e. The summed E-state index contributed by atoms with van der Waals surface area (Å²) in [5.41, 5.74) is 6.51. The topological polar surface area (TPSA) is 59.2 Å². The zero-order valence-corrected chi connectivity index (χ0v) is 8.63. The summed E-state index contributed by atoms with van der Waals surface area (Å²) in [4.78, 5) is 17.4. The van der Waals surface area contributed by atoms with E-state index in [0.717, 1.165) is 16.5 Å². The Hall–Kier alpha value is -1.94. The Morgan fingerprint density at radius 3 is 3.00 bits per heavy atom. The van der Waals surface area contributed by atoms with Crippen LogP contribution in [0.25, 0.3) is 10.8 Å². The summed E-state index contributed by atoms with van der Waals surface area (Å²) in [5, 5.41) is 2.08. The van der Waals surface area contributed by atoms with Gasteiger partial charge in [-0.25, -0.2) is 0 Å². The first-order valence-corrected chi connectivity index (χ1v) is 5.17. The van der Waals surface area contributed by atoms with Gasteiger partial charge in [0, 0.05) is 23.2 Å². The van der Waals surface area contributed by atoms with Crippen LogP contribution in [0, 0.1) is 0 Å². The quantitative estimate of drug-likeness (QED) is 0.716. The van der Waals surface area contributed by atoms with E-state index in [1.807, 2.05) is 24.3 Å². The fourth-order valence-corrected chi connectivity index (χ4v) is 2.01. The molecular weight excluding hydrogens is 202 g/mol. The summed E-state index contributed by atoms with van der Waals surface area (Å²) in [5.74, 6) is -0.00990. The Labute approximate surface area is 92.7 Å². The van der Waals surface area contributed by atoms with Crippen molar-refractivity contribution in [2.24, 2.45) is 5.73 Å². The molecule has 1 aromatic carbocycles. The second-order valence-corrected chi connectivity index (χ2v) is 3.93. The lowest BCUT2D eigenvalue weighted by Crippen LogP contribution is -2.61. The highest BCUT2D eigenvalue weighted by Crippen LogP contribution is 2.29. The second-order valence-electron chi connectivity index (χ2n) is 3.93. The number of hydrogen-bond acceptors (Lipinski definition) is 3. The maximum atomic E-state index is 11.6. The number of pyridine rings is 1. The number of aromatic nitrogens is 1. The molecule has 2 aromatic rings. The fraction of sp³-hybridized carbons (Fsp3) is 0.167. The molecule has 1 fully saturated rings. The van der Waals surface area contributed by atoms with Crippen LogP contribution < -0.4 is 10.6 Å². The summed E-state index contributed by atoms with van der Waals surface area (Å²) in [6.45, 7) is 0.597. The molecule has 16 heavy (non-hydrogen) atoms. The number of carbonyl (C=O) groups is 1. The predicted molar refractivity (Wildman–Crippen MR) is 62.1 cm³/mol. The molecule has 2 heterocycles. The van der Waals surface area contributed by atoms with E-state index in [2.05, 4.69) is 4.98 Å². The maximum absolute atomic E-state index is 11.6. The molecule has 3 rings (SSSR count). The molecule has 0 aliphatic carbocycles. The summed E-state index contributed by atoms with van der Waals surface area (Å²) in [6.07, 6.45) is 3.53. The third kappa shape index (κ3) is 1.20. The van der Waals surface area contributed by atoms with Crippen molar-refractivity contribution in [1.82, 2.24) is 4.98 Å². The van der Waals surface area contributed by atoms with Crippen molar-refractivity contribution in [3.63, 3.8) is 0 Å². The average Bonchev–Trinajstić information content (AvgIpc) is 2.35. The Morgan fingerprint density at radius 2 is 2.25 bits per heavy atom. The second kappa shape index (κ2) is 3.28. The van der Waals surface area contributed by atoms with Crippen LogP contribution in [0.2, 0.25) is 0 Å².